The maximum absolute atomic E-state index is 12.9. The third kappa shape index (κ3) is 10.6. The molecule has 3 aromatic heterocycles. The number of aromatic amines is 1. The number of likely N-dealkylation sites (tertiary alicyclic amines) is 2. The molecule has 4 aromatic rings. The van der Waals surface area contributed by atoms with Crippen LogP contribution < -0.4 is 10.6 Å². The number of nitrogens with one attached hydrogen (secondary N) is 3. The van der Waals surface area contributed by atoms with Crippen molar-refractivity contribution in [3.63, 3.8) is 0 Å². The van der Waals surface area contributed by atoms with Gasteiger partial charge in [-0.15, -0.1) is 0 Å². The van der Waals surface area contributed by atoms with E-state index in [0.29, 0.717) is 18.8 Å². The summed E-state index contributed by atoms with van der Waals surface area (Å²) in [6.45, 7) is 13.5. The number of thiazole rings is 1. The van der Waals surface area contributed by atoms with Crippen LogP contribution >= 0.6 is 11.3 Å². The Balaban J connectivity index is 0.000000302. The number of ether oxygens (including phenoxy) is 1. The fourth-order valence-electron chi connectivity index (χ4n) is 5.28. The molecule has 3 N–H and O–H groups in total. The van der Waals surface area contributed by atoms with Crippen molar-refractivity contribution in [3.8, 4) is 21.7 Å². The molecule has 1 atom stereocenters. The van der Waals surface area contributed by atoms with E-state index in [4.69, 9.17) is 4.74 Å². The minimum atomic E-state index is -0.605. The highest BCUT2D eigenvalue weighted by Gasteiger charge is 2.37. The van der Waals surface area contributed by atoms with Crippen LogP contribution in [0.15, 0.2) is 49.2 Å². The Hall–Kier alpha value is -4.72. The molecule has 2 fully saturated rings. The lowest BCUT2D eigenvalue weighted by Gasteiger charge is -2.27. The first-order chi connectivity index (χ1) is 23.4. The van der Waals surface area contributed by atoms with Gasteiger partial charge in [-0.25, -0.2) is 14.8 Å². The molecule has 2 aliphatic heterocycles. The number of carbonyl (C=O) groups is 4. The zero-order valence-corrected chi connectivity index (χ0v) is 30.1. The predicted molar refractivity (Wildman–Crippen MR) is 191 cm³/mol. The number of rotatable bonds is 6. The van der Waals surface area contributed by atoms with Crippen LogP contribution in [0.4, 0.5) is 10.6 Å². The maximum atomic E-state index is 12.9. The SMILES string of the molecule is CC(=O)NCC(=O)N1CCCC1.CC(C)(C)OC(=O)N1CCC[C@H]1C(=O)Nc1cn2cc(-c3ccc(-c4cnc[nH]4)cc3)sc2n1.CCC. The van der Waals surface area contributed by atoms with Crippen LogP contribution in [0.2, 0.25) is 0 Å². The van der Waals surface area contributed by atoms with Crippen molar-refractivity contribution in [2.24, 2.45) is 0 Å². The van der Waals surface area contributed by atoms with Crippen LogP contribution in [0.25, 0.3) is 26.7 Å². The molecule has 0 unspecified atom stereocenters. The monoisotopic (exact) mass is 692 g/mol. The normalized spacial score (nSPS) is 15.6. The lowest BCUT2D eigenvalue weighted by molar-refractivity contribution is -0.131. The van der Waals surface area contributed by atoms with Crippen molar-refractivity contribution in [2.45, 2.75) is 85.3 Å². The molecule has 49 heavy (non-hydrogen) atoms. The molecular weight excluding hydrogens is 645 g/mol. The number of hydrogen-bond acceptors (Lipinski definition) is 8. The van der Waals surface area contributed by atoms with Gasteiger partial charge in [0.05, 0.1) is 35.8 Å². The minimum absolute atomic E-state index is 0.0303. The van der Waals surface area contributed by atoms with E-state index in [2.05, 4.69) is 63.7 Å². The van der Waals surface area contributed by atoms with Crippen molar-refractivity contribution >= 4 is 45.9 Å². The third-order valence-corrected chi connectivity index (χ3v) is 8.56. The van der Waals surface area contributed by atoms with Gasteiger partial charge < -0.3 is 25.3 Å². The number of hydrogen-bond donors (Lipinski definition) is 3. The Morgan fingerprint density at radius 3 is 2.27 bits per heavy atom. The molecule has 0 radical (unpaired) electrons. The Labute approximate surface area is 291 Å². The average molecular weight is 693 g/mol. The second kappa shape index (κ2) is 17.1. The van der Waals surface area contributed by atoms with Crippen molar-refractivity contribution < 1.29 is 23.9 Å². The van der Waals surface area contributed by atoms with Gasteiger partial charge in [0.15, 0.2) is 10.8 Å². The summed E-state index contributed by atoms with van der Waals surface area (Å²) in [4.78, 5) is 64.0. The third-order valence-electron chi connectivity index (χ3n) is 7.52. The molecule has 4 amide bonds. The summed E-state index contributed by atoms with van der Waals surface area (Å²) >= 11 is 1.54. The molecule has 6 rings (SSSR count). The Morgan fingerprint density at radius 2 is 1.67 bits per heavy atom. The number of anilines is 1. The minimum Gasteiger partial charge on any atom is -0.444 e. The lowest BCUT2D eigenvalue weighted by Crippen LogP contribution is -2.45. The second-order valence-electron chi connectivity index (χ2n) is 13.0. The first-order valence-electron chi connectivity index (χ1n) is 16.8. The number of H-pyrrole nitrogens is 1. The van der Waals surface area contributed by atoms with Crippen LogP contribution in [-0.2, 0) is 19.1 Å². The Kier molecular flexibility index (Phi) is 12.9. The van der Waals surface area contributed by atoms with E-state index in [1.165, 1.54) is 18.2 Å². The van der Waals surface area contributed by atoms with Crippen LogP contribution in [0.3, 0.4) is 0 Å². The summed E-state index contributed by atoms with van der Waals surface area (Å²) in [5, 5.41) is 5.36. The van der Waals surface area contributed by atoms with Crippen molar-refractivity contribution in [2.75, 3.05) is 31.5 Å². The number of benzene rings is 1. The highest BCUT2D eigenvalue weighted by atomic mass is 32.1. The second-order valence-corrected chi connectivity index (χ2v) is 14.0. The quantitative estimate of drug-likeness (QED) is 0.226. The van der Waals surface area contributed by atoms with Gasteiger partial charge in [-0.05, 0) is 57.6 Å². The molecule has 1 aromatic carbocycles. The molecule has 2 saturated heterocycles. The largest absolute Gasteiger partial charge is 0.444 e. The summed E-state index contributed by atoms with van der Waals surface area (Å²) in [5.74, 6) is 0.0995. The van der Waals surface area contributed by atoms with Crippen molar-refractivity contribution in [3.05, 3.63) is 49.2 Å². The van der Waals surface area contributed by atoms with Gasteiger partial charge in [-0.1, -0.05) is 55.9 Å². The van der Waals surface area contributed by atoms with E-state index in [1.54, 1.807) is 35.0 Å². The summed E-state index contributed by atoms with van der Waals surface area (Å²) < 4.78 is 7.36. The molecule has 5 heterocycles. The Morgan fingerprint density at radius 1 is 1.00 bits per heavy atom. The fourth-order valence-corrected chi connectivity index (χ4v) is 6.26. The van der Waals surface area contributed by atoms with Gasteiger partial charge >= 0.3 is 6.09 Å². The highest BCUT2D eigenvalue weighted by Crippen LogP contribution is 2.31. The molecule has 0 spiro atoms. The standard InChI is InChI=1S/C24H26N6O3S.C8H14N2O2.C3H8/c1-24(2,3)33-23(32)30-10-4-5-18(30)21(31)27-20-13-29-12-19(34-22(29)28-20)16-8-6-15(7-9-16)17-11-25-14-26-17;1-7(11)9-6-8(12)10-4-2-3-5-10;1-3-2/h6-9,11-14,18H,4-5,10H2,1-3H3,(H,25,26)(H,27,31);2-6H2,1H3,(H,9,11);3H2,1-2H3/t18-;;/m0../s1. The average Bonchev–Trinajstić information content (AvgIpc) is 3.87. The zero-order chi connectivity index (χ0) is 35.6. The predicted octanol–water partition coefficient (Wildman–Crippen LogP) is 5.95. The topological polar surface area (TPSA) is 154 Å². The summed E-state index contributed by atoms with van der Waals surface area (Å²) in [5.41, 5.74) is 2.52. The van der Waals surface area contributed by atoms with E-state index in [1.807, 2.05) is 31.4 Å². The van der Waals surface area contributed by atoms with Crippen LogP contribution in [-0.4, -0.2) is 90.8 Å². The van der Waals surface area contributed by atoms with E-state index in [-0.39, 0.29) is 24.3 Å². The molecule has 0 bridgehead atoms. The van der Waals surface area contributed by atoms with Crippen molar-refractivity contribution in [1.82, 2.24) is 34.5 Å². The summed E-state index contributed by atoms with van der Waals surface area (Å²) in [6.07, 6.45) is 11.6. The summed E-state index contributed by atoms with van der Waals surface area (Å²) in [7, 11) is 0. The fraction of sp³-hybridized carbons (Fsp3) is 0.486. The van der Waals surface area contributed by atoms with Gasteiger partial charge in [-0.3, -0.25) is 23.7 Å². The number of nitrogens with zero attached hydrogens (tertiary/aromatic N) is 5. The van der Waals surface area contributed by atoms with Gasteiger partial charge in [-0.2, -0.15) is 0 Å². The van der Waals surface area contributed by atoms with Crippen LogP contribution in [0.5, 0.6) is 0 Å². The first-order valence-corrected chi connectivity index (χ1v) is 17.6. The molecular formula is C35H48N8O5S. The zero-order valence-electron chi connectivity index (χ0n) is 29.2. The van der Waals surface area contributed by atoms with Crippen LogP contribution in [0.1, 0.15) is 73.6 Å². The van der Waals surface area contributed by atoms with Gasteiger partial charge in [0.25, 0.3) is 0 Å². The highest BCUT2D eigenvalue weighted by molar-refractivity contribution is 7.20. The van der Waals surface area contributed by atoms with E-state index in [0.717, 1.165) is 59.0 Å². The number of imidazole rings is 2. The van der Waals surface area contributed by atoms with E-state index in [9.17, 15) is 19.2 Å². The number of carbonyl (C=O) groups excluding carboxylic acids is 4. The molecule has 2 aliphatic rings. The number of aromatic nitrogens is 4. The smallest absolute Gasteiger partial charge is 0.410 e. The van der Waals surface area contributed by atoms with Gasteiger partial charge in [0.2, 0.25) is 17.7 Å². The lowest BCUT2D eigenvalue weighted by atomic mass is 10.1. The van der Waals surface area contributed by atoms with E-state index >= 15 is 0 Å². The van der Waals surface area contributed by atoms with Crippen LogP contribution in [0, 0.1) is 0 Å². The summed E-state index contributed by atoms with van der Waals surface area (Å²) in [6, 6.07) is 7.67. The van der Waals surface area contributed by atoms with Gasteiger partial charge in [0.1, 0.15) is 11.6 Å². The van der Waals surface area contributed by atoms with Gasteiger partial charge in [0, 0.05) is 32.8 Å². The number of amides is 4. The maximum Gasteiger partial charge on any atom is 0.410 e. The molecule has 14 heteroatoms. The van der Waals surface area contributed by atoms with Crippen molar-refractivity contribution in [1.29, 1.82) is 0 Å². The molecule has 13 nitrogen and oxygen atoms in total. The van der Waals surface area contributed by atoms with E-state index < -0.39 is 17.7 Å². The molecule has 0 aliphatic carbocycles. The number of fused-ring (bicyclic) bond motifs is 1. The molecule has 264 valence electrons. The molecule has 0 saturated carbocycles. The first kappa shape index (κ1) is 37.1. The Bertz CT molecular complexity index is 1650.